The van der Waals surface area contributed by atoms with Crippen LogP contribution in [0.2, 0.25) is 0 Å². The van der Waals surface area contributed by atoms with Crippen LogP contribution in [0.5, 0.6) is 0 Å². The number of amides is 1. The molecule has 1 aliphatic heterocycles. The number of hydrogen-bond donors (Lipinski definition) is 2. The maximum Gasteiger partial charge on any atom is 0.226 e. The highest BCUT2D eigenvalue weighted by atomic mass is 16.2. The van der Waals surface area contributed by atoms with Gasteiger partial charge in [-0.05, 0) is 31.8 Å². The summed E-state index contributed by atoms with van der Waals surface area (Å²) < 4.78 is 0. The molecule has 0 spiro atoms. The second kappa shape index (κ2) is 5.18. The number of terminal acetylenes is 1. The summed E-state index contributed by atoms with van der Waals surface area (Å²) in [5, 5.41) is 6.10. The molecule has 0 radical (unpaired) electrons. The van der Waals surface area contributed by atoms with Crippen molar-refractivity contribution in [2.75, 3.05) is 19.6 Å². The fourth-order valence-corrected chi connectivity index (χ4v) is 2.01. The van der Waals surface area contributed by atoms with Gasteiger partial charge in [0, 0.05) is 5.41 Å². The lowest BCUT2D eigenvalue weighted by atomic mass is 9.74. The molecule has 2 N–H and O–H groups in total. The highest BCUT2D eigenvalue weighted by Gasteiger charge is 2.36. The fraction of sp³-hybridized carbons (Fsp3) is 0.750. The number of carbonyl (C=O) groups excluding carboxylic acids is 1. The Morgan fingerprint density at radius 1 is 1.67 bits per heavy atom. The van der Waals surface area contributed by atoms with Crippen LogP contribution in [0.1, 0.15) is 26.7 Å². The second-order valence-electron chi connectivity index (χ2n) is 4.65. The molecule has 3 nitrogen and oxygen atoms in total. The molecule has 0 aromatic rings. The number of carbonyl (C=O) groups is 1. The lowest BCUT2D eigenvalue weighted by Gasteiger charge is -2.35. The smallest absolute Gasteiger partial charge is 0.226 e. The van der Waals surface area contributed by atoms with Crippen LogP contribution in [0, 0.1) is 23.7 Å². The minimum Gasteiger partial charge on any atom is -0.345 e. The number of nitrogens with one attached hydrogen (secondary N) is 2. The fourth-order valence-electron chi connectivity index (χ4n) is 2.01. The van der Waals surface area contributed by atoms with Crippen LogP contribution in [-0.2, 0) is 4.79 Å². The van der Waals surface area contributed by atoms with E-state index in [9.17, 15) is 4.79 Å². The zero-order valence-electron chi connectivity index (χ0n) is 9.60. The summed E-state index contributed by atoms with van der Waals surface area (Å²) in [6.07, 6.45) is 7.39. The van der Waals surface area contributed by atoms with E-state index in [2.05, 4.69) is 16.6 Å². The van der Waals surface area contributed by atoms with Gasteiger partial charge in [-0.3, -0.25) is 4.79 Å². The van der Waals surface area contributed by atoms with Crippen LogP contribution < -0.4 is 10.6 Å². The Morgan fingerprint density at radius 2 is 2.40 bits per heavy atom. The van der Waals surface area contributed by atoms with Gasteiger partial charge in [0.25, 0.3) is 0 Å². The van der Waals surface area contributed by atoms with Gasteiger partial charge < -0.3 is 10.6 Å². The topological polar surface area (TPSA) is 41.1 Å². The van der Waals surface area contributed by atoms with E-state index in [4.69, 9.17) is 6.42 Å². The summed E-state index contributed by atoms with van der Waals surface area (Å²) in [5.74, 6) is 2.90. The van der Waals surface area contributed by atoms with Crippen molar-refractivity contribution in [3.63, 3.8) is 0 Å². The molecule has 1 atom stereocenters. The highest BCUT2D eigenvalue weighted by Crippen LogP contribution is 2.31. The molecule has 0 aliphatic carbocycles. The van der Waals surface area contributed by atoms with E-state index in [1.54, 1.807) is 0 Å². The van der Waals surface area contributed by atoms with Gasteiger partial charge in [0.05, 0.1) is 6.54 Å². The number of hydrogen-bond acceptors (Lipinski definition) is 2. The van der Waals surface area contributed by atoms with Crippen LogP contribution in [0.15, 0.2) is 0 Å². The highest BCUT2D eigenvalue weighted by molar-refractivity contribution is 5.82. The molecule has 1 amide bonds. The van der Waals surface area contributed by atoms with Crippen molar-refractivity contribution in [3.8, 4) is 12.3 Å². The molecule has 1 rings (SSSR count). The van der Waals surface area contributed by atoms with Crippen LogP contribution >= 0.6 is 0 Å². The molecule has 0 aromatic heterocycles. The molecule has 1 heterocycles. The minimum absolute atomic E-state index is 0.0640. The lowest BCUT2D eigenvalue weighted by molar-refractivity contribution is -0.132. The standard InChI is InChI=1S/C12H20N2O/c1-4-7-14-11(15)12(2,3)10-6-5-8-13-9-10/h1,10,13H,5-9H2,2-3H3,(H,14,15). The predicted octanol–water partition coefficient (Wildman–Crippen LogP) is 0.762. The average molecular weight is 208 g/mol. The van der Waals surface area contributed by atoms with Crippen LogP contribution in [-0.4, -0.2) is 25.5 Å². The zero-order valence-corrected chi connectivity index (χ0v) is 9.60. The Labute approximate surface area is 92.0 Å². The minimum atomic E-state index is -0.329. The van der Waals surface area contributed by atoms with Gasteiger partial charge in [0.2, 0.25) is 5.91 Å². The third-order valence-corrected chi connectivity index (χ3v) is 3.25. The van der Waals surface area contributed by atoms with Gasteiger partial charge in [-0.2, -0.15) is 0 Å². The van der Waals surface area contributed by atoms with Gasteiger partial charge in [0.15, 0.2) is 0 Å². The molecule has 0 aromatic carbocycles. The van der Waals surface area contributed by atoms with Crippen molar-refractivity contribution in [1.29, 1.82) is 0 Å². The lowest BCUT2D eigenvalue weighted by Crippen LogP contribution is -2.47. The van der Waals surface area contributed by atoms with Crippen molar-refractivity contribution in [2.45, 2.75) is 26.7 Å². The van der Waals surface area contributed by atoms with Crippen molar-refractivity contribution in [3.05, 3.63) is 0 Å². The van der Waals surface area contributed by atoms with Gasteiger partial charge >= 0.3 is 0 Å². The molecule has 0 bridgehead atoms. The summed E-state index contributed by atoms with van der Waals surface area (Å²) in [4.78, 5) is 11.9. The molecule has 1 aliphatic rings. The van der Waals surface area contributed by atoms with Crippen molar-refractivity contribution < 1.29 is 4.79 Å². The van der Waals surface area contributed by atoms with Crippen LogP contribution in [0.25, 0.3) is 0 Å². The average Bonchev–Trinajstić information content (AvgIpc) is 2.27. The molecular weight excluding hydrogens is 188 g/mol. The Bertz CT molecular complexity index is 259. The van der Waals surface area contributed by atoms with E-state index >= 15 is 0 Å². The SMILES string of the molecule is C#CCNC(=O)C(C)(C)C1CCCNC1. The molecule has 3 heteroatoms. The predicted molar refractivity (Wildman–Crippen MR) is 61.2 cm³/mol. The molecule has 1 saturated heterocycles. The Hall–Kier alpha value is -1.01. The monoisotopic (exact) mass is 208 g/mol. The van der Waals surface area contributed by atoms with Crippen LogP contribution in [0.3, 0.4) is 0 Å². The van der Waals surface area contributed by atoms with E-state index in [1.807, 2.05) is 13.8 Å². The second-order valence-corrected chi connectivity index (χ2v) is 4.65. The van der Waals surface area contributed by atoms with Gasteiger partial charge in [-0.25, -0.2) is 0 Å². The summed E-state index contributed by atoms with van der Waals surface area (Å²) in [6.45, 7) is 6.31. The van der Waals surface area contributed by atoms with E-state index in [-0.39, 0.29) is 11.3 Å². The first-order valence-corrected chi connectivity index (χ1v) is 5.51. The summed E-state index contributed by atoms with van der Waals surface area (Å²) >= 11 is 0. The molecule has 1 unspecified atom stereocenters. The van der Waals surface area contributed by atoms with E-state index in [0.717, 1.165) is 25.9 Å². The zero-order chi connectivity index (χ0) is 11.3. The Kier molecular flexibility index (Phi) is 4.16. The maximum absolute atomic E-state index is 11.9. The molecule has 84 valence electrons. The van der Waals surface area contributed by atoms with E-state index < -0.39 is 0 Å². The molecular formula is C12H20N2O. The molecule has 1 fully saturated rings. The number of rotatable bonds is 3. The summed E-state index contributed by atoms with van der Waals surface area (Å²) in [6, 6.07) is 0. The van der Waals surface area contributed by atoms with Crippen LogP contribution in [0.4, 0.5) is 0 Å². The quantitative estimate of drug-likeness (QED) is 0.672. The first kappa shape index (κ1) is 12.1. The summed E-state index contributed by atoms with van der Waals surface area (Å²) in [5.41, 5.74) is -0.329. The van der Waals surface area contributed by atoms with Gasteiger partial charge in [-0.15, -0.1) is 6.42 Å². The Balaban J connectivity index is 2.55. The third kappa shape index (κ3) is 2.97. The van der Waals surface area contributed by atoms with Crippen molar-refractivity contribution >= 4 is 5.91 Å². The third-order valence-electron chi connectivity index (χ3n) is 3.25. The maximum atomic E-state index is 11.9. The van der Waals surface area contributed by atoms with E-state index in [1.165, 1.54) is 0 Å². The Morgan fingerprint density at radius 3 is 2.93 bits per heavy atom. The molecule has 0 saturated carbocycles. The molecule has 15 heavy (non-hydrogen) atoms. The number of piperidine rings is 1. The summed E-state index contributed by atoms with van der Waals surface area (Å²) in [7, 11) is 0. The van der Waals surface area contributed by atoms with E-state index in [0.29, 0.717) is 12.5 Å². The van der Waals surface area contributed by atoms with Crippen molar-refractivity contribution in [1.82, 2.24) is 10.6 Å². The van der Waals surface area contributed by atoms with Gasteiger partial charge in [0.1, 0.15) is 0 Å². The first-order chi connectivity index (χ1) is 7.09. The van der Waals surface area contributed by atoms with Crippen molar-refractivity contribution in [2.24, 2.45) is 11.3 Å². The van der Waals surface area contributed by atoms with Gasteiger partial charge in [-0.1, -0.05) is 19.8 Å². The largest absolute Gasteiger partial charge is 0.345 e. The first-order valence-electron chi connectivity index (χ1n) is 5.51. The normalized spacial score (nSPS) is 21.8.